The van der Waals surface area contributed by atoms with Crippen LogP contribution >= 0.6 is 27.5 Å². The molecule has 1 atom stereocenters. The summed E-state index contributed by atoms with van der Waals surface area (Å²) >= 11 is 9.20. The van der Waals surface area contributed by atoms with E-state index >= 15 is 0 Å². The van der Waals surface area contributed by atoms with Gasteiger partial charge in [0.05, 0.1) is 5.02 Å². The van der Waals surface area contributed by atoms with Gasteiger partial charge >= 0.3 is 5.97 Å². The number of hydrogen-bond donors (Lipinski definition) is 1. The first kappa shape index (κ1) is 14.5. The highest BCUT2D eigenvalue weighted by Gasteiger charge is 2.46. The number of benzene rings is 2. The Balaban J connectivity index is 2.17. The van der Waals surface area contributed by atoms with Crippen LogP contribution in [0, 0.1) is 5.82 Å². The Bertz CT molecular complexity index is 733. The highest BCUT2D eigenvalue weighted by molar-refractivity contribution is 9.10. The van der Waals surface area contributed by atoms with Crippen LogP contribution in [0.3, 0.4) is 0 Å². The molecule has 0 aliphatic heterocycles. The van der Waals surface area contributed by atoms with Gasteiger partial charge in [-0.05, 0) is 51.5 Å². The van der Waals surface area contributed by atoms with Gasteiger partial charge in [0.1, 0.15) is 11.2 Å². The van der Waals surface area contributed by atoms with Crippen molar-refractivity contribution in [2.45, 2.75) is 18.3 Å². The van der Waals surface area contributed by atoms with Crippen molar-refractivity contribution < 1.29 is 14.3 Å². The maximum Gasteiger partial charge on any atom is 0.314 e. The van der Waals surface area contributed by atoms with Crippen molar-refractivity contribution in [1.82, 2.24) is 0 Å². The lowest BCUT2D eigenvalue weighted by Crippen LogP contribution is -2.36. The molecule has 0 amide bonds. The van der Waals surface area contributed by atoms with Crippen molar-refractivity contribution >= 4 is 33.5 Å². The summed E-state index contributed by atoms with van der Waals surface area (Å²) in [5.74, 6) is -1.44. The number of fused-ring (bicyclic) bond motifs is 1. The van der Waals surface area contributed by atoms with Gasteiger partial charge in [-0.2, -0.15) is 0 Å². The van der Waals surface area contributed by atoms with Gasteiger partial charge in [-0.3, -0.25) is 4.79 Å². The zero-order valence-electron chi connectivity index (χ0n) is 10.9. The van der Waals surface area contributed by atoms with Crippen LogP contribution in [0.15, 0.2) is 40.9 Å². The highest BCUT2D eigenvalue weighted by Crippen LogP contribution is 2.45. The topological polar surface area (TPSA) is 37.3 Å². The molecule has 1 aliphatic rings. The summed E-state index contributed by atoms with van der Waals surface area (Å²) in [5.41, 5.74) is 1.11. The minimum absolute atomic E-state index is 0.00278. The van der Waals surface area contributed by atoms with Gasteiger partial charge in [-0.15, -0.1) is 0 Å². The highest BCUT2D eigenvalue weighted by atomic mass is 79.9. The first-order chi connectivity index (χ1) is 9.95. The average Bonchev–Trinajstić information content (AvgIpc) is 2.87. The molecule has 0 heterocycles. The predicted molar refractivity (Wildman–Crippen MR) is 82.3 cm³/mol. The van der Waals surface area contributed by atoms with Crippen molar-refractivity contribution in [2.75, 3.05) is 0 Å². The fraction of sp³-hybridized carbons (Fsp3) is 0.188. The Labute approximate surface area is 134 Å². The molecule has 0 spiro atoms. The van der Waals surface area contributed by atoms with Crippen LogP contribution < -0.4 is 0 Å². The molecule has 0 aromatic heterocycles. The van der Waals surface area contributed by atoms with Crippen LogP contribution in [0.1, 0.15) is 16.7 Å². The Hall–Kier alpha value is -1.39. The molecule has 2 aromatic carbocycles. The maximum absolute atomic E-state index is 13.8. The fourth-order valence-electron chi connectivity index (χ4n) is 2.96. The van der Waals surface area contributed by atoms with Gasteiger partial charge in [0.2, 0.25) is 0 Å². The largest absolute Gasteiger partial charge is 0.481 e. The zero-order valence-corrected chi connectivity index (χ0v) is 13.2. The van der Waals surface area contributed by atoms with Gasteiger partial charge < -0.3 is 5.11 Å². The number of hydrogen-bond acceptors (Lipinski definition) is 1. The summed E-state index contributed by atoms with van der Waals surface area (Å²) in [4.78, 5) is 11.9. The summed E-state index contributed by atoms with van der Waals surface area (Å²) < 4.78 is 14.2. The van der Waals surface area contributed by atoms with Crippen molar-refractivity contribution in [2.24, 2.45) is 0 Å². The van der Waals surface area contributed by atoms with Gasteiger partial charge in [0.15, 0.2) is 0 Å². The third-order valence-electron chi connectivity index (χ3n) is 4.06. The molecule has 5 heteroatoms. The minimum Gasteiger partial charge on any atom is -0.481 e. The maximum atomic E-state index is 13.8. The van der Waals surface area contributed by atoms with Crippen LogP contribution in [0.2, 0.25) is 5.02 Å². The van der Waals surface area contributed by atoms with E-state index in [0.29, 0.717) is 16.5 Å². The lowest BCUT2D eigenvalue weighted by atomic mass is 9.78. The van der Waals surface area contributed by atoms with Crippen LogP contribution in [0.25, 0.3) is 0 Å². The molecular formula is C16H11BrClFO2. The molecule has 0 saturated carbocycles. The monoisotopic (exact) mass is 368 g/mol. The van der Waals surface area contributed by atoms with E-state index < -0.39 is 17.2 Å². The Morgan fingerprint density at radius 3 is 2.57 bits per heavy atom. The molecule has 1 N–H and O–H groups in total. The molecule has 0 radical (unpaired) electrons. The van der Waals surface area contributed by atoms with E-state index in [0.717, 1.165) is 11.1 Å². The first-order valence-corrected chi connectivity index (χ1v) is 7.57. The molecule has 2 nitrogen and oxygen atoms in total. The first-order valence-electron chi connectivity index (χ1n) is 6.40. The van der Waals surface area contributed by atoms with Gasteiger partial charge in [-0.1, -0.05) is 41.9 Å². The second kappa shape index (κ2) is 5.11. The number of halogens is 3. The van der Waals surface area contributed by atoms with Crippen molar-refractivity contribution in [3.8, 4) is 0 Å². The van der Waals surface area contributed by atoms with Crippen molar-refractivity contribution in [3.05, 3.63) is 68.4 Å². The van der Waals surface area contributed by atoms with E-state index in [1.165, 1.54) is 6.07 Å². The van der Waals surface area contributed by atoms with E-state index in [1.807, 2.05) is 18.2 Å². The Morgan fingerprint density at radius 2 is 1.95 bits per heavy atom. The van der Waals surface area contributed by atoms with E-state index in [2.05, 4.69) is 15.9 Å². The molecule has 0 unspecified atom stereocenters. The zero-order chi connectivity index (χ0) is 15.2. The Kier molecular flexibility index (Phi) is 3.54. The number of carboxylic acid groups (broad SMARTS) is 1. The summed E-state index contributed by atoms with van der Waals surface area (Å²) in [6, 6.07) is 10.4. The van der Waals surface area contributed by atoms with E-state index in [-0.39, 0.29) is 11.4 Å². The molecule has 0 fully saturated rings. The van der Waals surface area contributed by atoms with E-state index in [4.69, 9.17) is 11.6 Å². The summed E-state index contributed by atoms with van der Waals surface area (Å²) in [7, 11) is 0. The standard InChI is InChI=1S/C16H11BrClFO2/c17-13-11-8-16(15(20)21,10-4-2-1-3-5-10)7-9(11)6-12(19)14(13)18/h1-6H,7-8H2,(H,20,21)/t16-/m1/s1. The normalized spacial score (nSPS) is 20.3. The SMILES string of the molecule is O=C(O)[C@]1(c2ccccc2)Cc2cc(F)c(Cl)c(Br)c2C1. The van der Waals surface area contributed by atoms with Crippen molar-refractivity contribution in [1.29, 1.82) is 0 Å². The van der Waals surface area contributed by atoms with Crippen LogP contribution in [-0.4, -0.2) is 11.1 Å². The minimum atomic E-state index is -1.07. The average molecular weight is 370 g/mol. The molecular weight excluding hydrogens is 359 g/mol. The summed E-state index contributed by atoms with van der Waals surface area (Å²) in [5, 5.41) is 9.78. The molecule has 0 bridgehead atoms. The fourth-order valence-corrected chi connectivity index (χ4v) is 3.71. The second-order valence-electron chi connectivity index (χ2n) is 5.23. The van der Waals surface area contributed by atoms with Crippen LogP contribution in [-0.2, 0) is 23.1 Å². The number of rotatable bonds is 2. The Morgan fingerprint density at radius 1 is 1.29 bits per heavy atom. The third kappa shape index (κ3) is 2.17. The molecule has 0 saturated heterocycles. The summed E-state index contributed by atoms with van der Waals surface area (Å²) in [6.07, 6.45) is 0.552. The number of carbonyl (C=O) groups is 1. The van der Waals surface area contributed by atoms with Crippen LogP contribution in [0.4, 0.5) is 4.39 Å². The smallest absolute Gasteiger partial charge is 0.314 e. The summed E-state index contributed by atoms with van der Waals surface area (Å²) in [6.45, 7) is 0. The predicted octanol–water partition coefficient (Wildman–Crippen LogP) is 4.36. The van der Waals surface area contributed by atoms with Crippen molar-refractivity contribution in [3.63, 3.8) is 0 Å². The second-order valence-corrected chi connectivity index (χ2v) is 6.40. The lowest BCUT2D eigenvalue weighted by Gasteiger charge is -2.24. The molecule has 1 aliphatic carbocycles. The molecule has 21 heavy (non-hydrogen) atoms. The number of carboxylic acids is 1. The molecule has 3 rings (SSSR count). The third-order valence-corrected chi connectivity index (χ3v) is 5.54. The van der Waals surface area contributed by atoms with Gasteiger partial charge in [-0.25, -0.2) is 4.39 Å². The molecule has 2 aromatic rings. The lowest BCUT2D eigenvalue weighted by molar-refractivity contribution is -0.143. The van der Waals surface area contributed by atoms with E-state index in [1.54, 1.807) is 12.1 Å². The number of aliphatic carboxylic acids is 1. The van der Waals surface area contributed by atoms with Gasteiger partial charge in [0, 0.05) is 4.47 Å². The van der Waals surface area contributed by atoms with E-state index in [9.17, 15) is 14.3 Å². The van der Waals surface area contributed by atoms with Crippen LogP contribution in [0.5, 0.6) is 0 Å². The quantitative estimate of drug-likeness (QED) is 0.799. The molecule has 108 valence electrons. The van der Waals surface area contributed by atoms with Gasteiger partial charge in [0.25, 0.3) is 0 Å².